The van der Waals surface area contributed by atoms with E-state index in [2.05, 4.69) is 48.3 Å². The highest BCUT2D eigenvalue weighted by Gasteiger charge is 2.11. The molecule has 0 spiro atoms. The van der Waals surface area contributed by atoms with Crippen LogP contribution < -0.4 is 0 Å². The number of rotatable bonds is 2. The van der Waals surface area contributed by atoms with E-state index in [0.29, 0.717) is 5.82 Å². The van der Waals surface area contributed by atoms with Crippen molar-refractivity contribution in [3.8, 4) is 17.1 Å². The van der Waals surface area contributed by atoms with Gasteiger partial charge in [0.25, 0.3) is 0 Å². The lowest BCUT2D eigenvalue weighted by molar-refractivity contribution is 0.711. The summed E-state index contributed by atoms with van der Waals surface area (Å²) in [4.78, 5) is 1.62. The lowest BCUT2D eigenvalue weighted by atomic mass is 10.1. The van der Waals surface area contributed by atoms with Crippen LogP contribution in [0, 0.1) is 20.8 Å². The number of nitrogens with zero attached hydrogens (tertiary/aromatic N) is 4. The molecule has 0 unspecified atom stereocenters. The van der Waals surface area contributed by atoms with E-state index in [9.17, 15) is 0 Å². The highest BCUT2D eigenvalue weighted by atomic mass is 15.6. The van der Waals surface area contributed by atoms with Crippen LogP contribution >= 0.6 is 0 Å². The Morgan fingerprint density at radius 3 is 2.20 bits per heavy atom. The molecule has 20 heavy (non-hydrogen) atoms. The minimum absolute atomic E-state index is 0.643. The molecular formula is C16H16N4. The largest absolute Gasteiger partial charge is 0.205 e. The molecule has 0 radical (unpaired) electrons. The van der Waals surface area contributed by atoms with Crippen LogP contribution in [0.5, 0.6) is 0 Å². The van der Waals surface area contributed by atoms with Crippen LogP contribution in [0.2, 0.25) is 0 Å². The summed E-state index contributed by atoms with van der Waals surface area (Å²) in [5, 5.41) is 12.8. The van der Waals surface area contributed by atoms with E-state index in [1.54, 1.807) is 4.80 Å². The van der Waals surface area contributed by atoms with Crippen LogP contribution in [-0.2, 0) is 0 Å². The zero-order chi connectivity index (χ0) is 14.1. The maximum Gasteiger partial charge on any atom is 0.205 e. The Morgan fingerprint density at radius 2 is 1.55 bits per heavy atom. The van der Waals surface area contributed by atoms with Crippen LogP contribution in [0.1, 0.15) is 16.7 Å². The van der Waals surface area contributed by atoms with Gasteiger partial charge in [0.2, 0.25) is 5.82 Å². The van der Waals surface area contributed by atoms with Gasteiger partial charge in [-0.15, -0.1) is 15.0 Å². The molecule has 0 N–H and O–H groups in total. The number of hydrogen-bond acceptors (Lipinski definition) is 3. The van der Waals surface area contributed by atoms with Crippen molar-refractivity contribution in [3.63, 3.8) is 0 Å². The minimum Gasteiger partial charge on any atom is -0.130 e. The first kappa shape index (κ1) is 12.5. The van der Waals surface area contributed by atoms with E-state index in [0.717, 1.165) is 22.4 Å². The molecule has 0 saturated carbocycles. The molecule has 0 amide bonds. The second kappa shape index (κ2) is 4.89. The van der Waals surface area contributed by atoms with Crippen LogP contribution in [0.15, 0.2) is 42.5 Å². The van der Waals surface area contributed by atoms with Gasteiger partial charge in [-0.3, -0.25) is 0 Å². The van der Waals surface area contributed by atoms with Crippen molar-refractivity contribution in [1.29, 1.82) is 0 Å². The predicted octanol–water partition coefficient (Wildman–Crippen LogP) is 3.25. The Hall–Kier alpha value is -2.49. The van der Waals surface area contributed by atoms with Crippen molar-refractivity contribution in [2.24, 2.45) is 0 Å². The first-order chi connectivity index (χ1) is 9.65. The molecule has 4 heteroatoms. The summed E-state index contributed by atoms with van der Waals surface area (Å²) in [7, 11) is 0. The molecule has 2 aromatic carbocycles. The Bertz CT molecular complexity index is 721. The van der Waals surface area contributed by atoms with Gasteiger partial charge in [0, 0.05) is 5.56 Å². The normalized spacial score (nSPS) is 10.8. The molecular weight excluding hydrogens is 248 g/mol. The van der Waals surface area contributed by atoms with Gasteiger partial charge in [0.1, 0.15) is 0 Å². The quantitative estimate of drug-likeness (QED) is 0.713. The van der Waals surface area contributed by atoms with Gasteiger partial charge in [-0.05, 0) is 37.1 Å². The molecule has 0 bridgehead atoms. The van der Waals surface area contributed by atoms with Crippen LogP contribution in [0.25, 0.3) is 17.1 Å². The summed E-state index contributed by atoms with van der Waals surface area (Å²) in [5.41, 5.74) is 5.53. The average molecular weight is 264 g/mol. The Morgan fingerprint density at radius 1 is 0.900 bits per heavy atom. The lowest BCUT2D eigenvalue weighted by Gasteiger charge is -2.08. The molecule has 0 aliphatic heterocycles. The van der Waals surface area contributed by atoms with E-state index in [1.165, 1.54) is 5.56 Å². The summed E-state index contributed by atoms with van der Waals surface area (Å²) < 4.78 is 0. The summed E-state index contributed by atoms with van der Waals surface area (Å²) in [6, 6.07) is 14.1. The van der Waals surface area contributed by atoms with Gasteiger partial charge < -0.3 is 0 Å². The van der Waals surface area contributed by atoms with Gasteiger partial charge >= 0.3 is 0 Å². The third-order valence-corrected chi connectivity index (χ3v) is 3.28. The van der Waals surface area contributed by atoms with E-state index in [1.807, 2.05) is 30.3 Å². The molecule has 0 aliphatic carbocycles. The maximum absolute atomic E-state index is 4.50. The van der Waals surface area contributed by atoms with Crippen LogP contribution in [0.3, 0.4) is 0 Å². The van der Waals surface area contributed by atoms with Gasteiger partial charge in [-0.25, -0.2) is 0 Å². The SMILES string of the molecule is Cc1cc(C)c(-n2nnc(-c3ccccc3)n2)c(C)c1. The van der Waals surface area contributed by atoms with Crippen molar-refractivity contribution in [2.75, 3.05) is 0 Å². The van der Waals surface area contributed by atoms with Gasteiger partial charge in [0.15, 0.2) is 0 Å². The molecule has 1 aromatic heterocycles. The molecule has 3 rings (SSSR count). The lowest BCUT2D eigenvalue weighted by Crippen LogP contribution is -2.04. The van der Waals surface area contributed by atoms with Crippen molar-refractivity contribution < 1.29 is 0 Å². The molecule has 1 heterocycles. The third-order valence-electron chi connectivity index (χ3n) is 3.28. The zero-order valence-corrected chi connectivity index (χ0v) is 11.8. The first-order valence-corrected chi connectivity index (χ1v) is 6.59. The number of aryl methyl sites for hydroxylation is 3. The second-order valence-electron chi connectivity index (χ2n) is 5.02. The molecule has 0 fully saturated rings. The fourth-order valence-electron chi connectivity index (χ4n) is 2.50. The van der Waals surface area contributed by atoms with Crippen molar-refractivity contribution in [3.05, 3.63) is 59.2 Å². The van der Waals surface area contributed by atoms with E-state index < -0.39 is 0 Å². The van der Waals surface area contributed by atoms with Gasteiger partial charge in [-0.2, -0.15) is 0 Å². The summed E-state index contributed by atoms with van der Waals surface area (Å²) in [5.74, 6) is 0.643. The summed E-state index contributed by atoms with van der Waals surface area (Å²) in [6.45, 7) is 6.23. The molecule has 0 saturated heterocycles. The highest BCUT2D eigenvalue weighted by Crippen LogP contribution is 2.20. The number of benzene rings is 2. The first-order valence-electron chi connectivity index (χ1n) is 6.59. The molecule has 4 nitrogen and oxygen atoms in total. The second-order valence-corrected chi connectivity index (χ2v) is 5.02. The van der Waals surface area contributed by atoms with Crippen molar-refractivity contribution in [2.45, 2.75) is 20.8 Å². The Balaban J connectivity index is 2.07. The Labute approximate surface area is 118 Å². The standard InChI is InChI=1S/C16H16N4/c1-11-9-12(2)15(13(3)10-11)20-18-16(17-19-20)14-7-5-4-6-8-14/h4-10H,1-3H3. The topological polar surface area (TPSA) is 43.6 Å². The van der Waals surface area contributed by atoms with Crippen LogP contribution in [-0.4, -0.2) is 20.2 Å². The fraction of sp³-hybridized carbons (Fsp3) is 0.188. The number of aromatic nitrogens is 4. The molecule has 0 atom stereocenters. The number of tetrazole rings is 1. The fourth-order valence-corrected chi connectivity index (χ4v) is 2.50. The predicted molar refractivity (Wildman–Crippen MR) is 78.8 cm³/mol. The minimum atomic E-state index is 0.643. The number of hydrogen-bond donors (Lipinski definition) is 0. The molecule has 3 aromatic rings. The highest BCUT2D eigenvalue weighted by molar-refractivity contribution is 5.54. The smallest absolute Gasteiger partial charge is 0.130 e. The molecule has 100 valence electrons. The average Bonchev–Trinajstić information content (AvgIpc) is 2.88. The molecule has 0 aliphatic rings. The monoisotopic (exact) mass is 264 g/mol. The van der Waals surface area contributed by atoms with Crippen molar-refractivity contribution >= 4 is 0 Å². The van der Waals surface area contributed by atoms with E-state index >= 15 is 0 Å². The van der Waals surface area contributed by atoms with Gasteiger partial charge in [-0.1, -0.05) is 48.0 Å². The van der Waals surface area contributed by atoms with E-state index in [-0.39, 0.29) is 0 Å². The summed E-state index contributed by atoms with van der Waals surface area (Å²) in [6.07, 6.45) is 0. The summed E-state index contributed by atoms with van der Waals surface area (Å²) >= 11 is 0. The van der Waals surface area contributed by atoms with Crippen molar-refractivity contribution in [1.82, 2.24) is 20.2 Å². The van der Waals surface area contributed by atoms with Gasteiger partial charge in [0.05, 0.1) is 5.69 Å². The van der Waals surface area contributed by atoms with E-state index in [4.69, 9.17) is 0 Å². The zero-order valence-electron chi connectivity index (χ0n) is 11.8. The Kier molecular flexibility index (Phi) is 3.06. The maximum atomic E-state index is 4.50. The van der Waals surface area contributed by atoms with Crippen LogP contribution in [0.4, 0.5) is 0 Å². The third kappa shape index (κ3) is 2.20.